The van der Waals surface area contributed by atoms with E-state index in [1.807, 2.05) is 6.07 Å². The number of benzene rings is 2. The SMILES string of the molecule is CC(=O)c1ccc(S(=O)(=O)N2CCN(C(=O)c3ccc(-c4ccc(F)cc4)s3)CC2)cc1. The minimum absolute atomic E-state index is 0.128. The van der Waals surface area contributed by atoms with Gasteiger partial charge in [0.25, 0.3) is 5.91 Å². The molecule has 2 aromatic carbocycles. The number of Topliss-reactive ketones (excluding diaryl/α,β-unsaturated/α-hetero) is 1. The van der Waals surface area contributed by atoms with Crippen LogP contribution in [0.4, 0.5) is 4.39 Å². The summed E-state index contributed by atoms with van der Waals surface area (Å²) in [5.41, 5.74) is 1.29. The molecule has 2 heterocycles. The first-order valence-electron chi connectivity index (χ1n) is 10.0. The molecule has 3 aromatic rings. The highest BCUT2D eigenvalue weighted by atomic mass is 32.2. The van der Waals surface area contributed by atoms with Crippen LogP contribution in [0.5, 0.6) is 0 Å². The van der Waals surface area contributed by atoms with E-state index in [0.29, 0.717) is 10.4 Å². The number of halogens is 1. The number of carbonyl (C=O) groups excluding carboxylic acids is 2. The first-order valence-corrected chi connectivity index (χ1v) is 12.3. The molecule has 4 rings (SSSR count). The molecule has 1 amide bonds. The zero-order valence-corrected chi connectivity index (χ0v) is 19.0. The number of rotatable bonds is 5. The summed E-state index contributed by atoms with van der Waals surface area (Å²) in [4.78, 5) is 27.5. The van der Waals surface area contributed by atoms with Crippen LogP contribution in [0.1, 0.15) is 27.0 Å². The molecule has 166 valence electrons. The van der Waals surface area contributed by atoms with Crippen molar-refractivity contribution in [1.82, 2.24) is 9.21 Å². The Hall–Kier alpha value is -2.88. The van der Waals surface area contributed by atoms with Crippen LogP contribution < -0.4 is 0 Å². The van der Waals surface area contributed by atoms with Gasteiger partial charge in [-0.2, -0.15) is 4.31 Å². The van der Waals surface area contributed by atoms with Crippen LogP contribution in [0.3, 0.4) is 0 Å². The second-order valence-corrected chi connectivity index (χ2v) is 10.5. The monoisotopic (exact) mass is 472 g/mol. The molecule has 1 aliphatic rings. The van der Waals surface area contributed by atoms with E-state index in [0.717, 1.165) is 10.4 Å². The Balaban J connectivity index is 1.41. The zero-order valence-electron chi connectivity index (χ0n) is 17.3. The van der Waals surface area contributed by atoms with Crippen molar-refractivity contribution >= 4 is 33.1 Å². The maximum Gasteiger partial charge on any atom is 0.264 e. The Morgan fingerprint density at radius 3 is 2.09 bits per heavy atom. The molecule has 0 bridgehead atoms. The molecule has 0 radical (unpaired) electrons. The summed E-state index contributed by atoms with van der Waals surface area (Å²) in [5.74, 6) is -0.590. The van der Waals surface area contributed by atoms with E-state index >= 15 is 0 Å². The molecule has 0 saturated carbocycles. The minimum Gasteiger partial charge on any atom is -0.335 e. The van der Waals surface area contributed by atoms with Crippen molar-refractivity contribution in [3.63, 3.8) is 0 Å². The van der Waals surface area contributed by atoms with Crippen molar-refractivity contribution in [2.24, 2.45) is 0 Å². The van der Waals surface area contributed by atoms with Gasteiger partial charge in [0.1, 0.15) is 5.82 Å². The molecule has 0 aliphatic carbocycles. The molecule has 0 N–H and O–H groups in total. The average Bonchev–Trinajstić information content (AvgIpc) is 3.29. The van der Waals surface area contributed by atoms with Crippen LogP contribution >= 0.6 is 11.3 Å². The fourth-order valence-corrected chi connectivity index (χ4v) is 5.92. The summed E-state index contributed by atoms with van der Waals surface area (Å²) >= 11 is 1.33. The Bertz CT molecular complexity index is 1240. The number of sulfonamides is 1. The van der Waals surface area contributed by atoms with Crippen LogP contribution in [0.25, 0.3) is 10.4 Å². The first kappa shape index (κ1) is 22.3. The normalized spacial score (nSPS) is 15.0. The van der Waals surface area contributed by atoms with Gasteiger partial charge in [-0.25, -0.2) is 12.8 Å². The lowest BCUT2D eigenvalue weighted by atomic mass is 10.2. The van der Waals surface area contributed by atoms with Gasteiger partial charge in [0, 0.05) is 36.6 Å². The van der Waals surface area contributed by atoms with E-state index in [4.69, 9.17) is 0 Å². The van der Waals surface area contributed by atoms with Crippen molar-refractivity contribution in [2.45, 2.75) is 11.8 Å². The predicted molar refractivity (Wildman–Crippen MR) is 121 cm³/mol. The quantitative estimate of drug-likeness (QED) is 0.528. The molecule has 1 saturated heterocycles. The Kier molecular flexibility index (Phi) is 6.23. The van der Waals surface area contributed by atoms with E-state index in [1.165, 1.54) is 59.0 Å². The Labute approximate surface area is 190 Å². The van der Waals surface area contributed by atoms with Crippen LogP contribution in [0.2, 0.25) is 0 Å². The number of nitrogens with zero attached hydrogens (tertiary/aromatic N) is 2. The largest absolute Gasteiger partial charge is 0.335 e. The topological polar surface area (TPSA) is 74.8 Å². The van der Waals surface area contributed by atoms with Gasteiger partial charge >= 0.3 is 0 Å². The summed E-state index contributed by atoms with van der Waals surface area (Å²) in [7, 11) is -3.70. The van der Waals surface area contributed by atoms with Gasteiger partial charge in [0.2, 0.25) is 10.0 Å². The lowest BCUT2D eigenvalue weighted by Gasteiger charge is -2.33. The van der Waals surface area contributed by atoms with Gasteiger partial charge < -0.3 is 4.90 Å². The molecule has 1 aromatic heterocycles. The molecule has 6 nitrogen and oxygen atoms in total. The number of hydrogen-bond acceptors (Lipinski definition) is 5. The van der Waals surface area contributed by atoms with E-state index in [2.05, 4.69) is 0 Å². The zero-order chi connectivity index (χ0) is 22.9. The summed E-state index contributed by atoms with van der Waals surface area (Å²) in [6, 6.07) is 15.5. The van der Waals surface area contributed by atoms with Gasteiger partial charge in [-0.15, -0.1) is 11.3 Å². The third kappa shape index (κ3) is 4.50. The van der Waals surface area contributed by atoms with E-state index in [-0.39, 0.29) is 48.6 Å². The standard InChI is InChI=1S/C23H21FN2O4S2/c1-16(27)17-4-8-20(9-5-17)32(29,30)26-14-12-25(13-15-26)23(28)22-11-10-21(31-22)18-2-6-19(24)7-3-18/h2-11H,12-15H2,1H3. The fraction of sp³-hybridized carbons (Fsp3) is 0.217. The van der Waals surface area contributed by atoms with Gasteiger partial charge in [0.05, 0.1) is 9.77 Å². The highest BCUT2D eigenvalue weighted by Crippen LogP contribution is 2.29. The van der Waals surface area contributed by atoms with Crippen molar-refractivity contribution in [2.75, 3.05) is 26.2 Å². The van der Waals surface area contributed by atoms with Gasteiger partial charge in [0.15, 0.2) is 5.78 Å². The number of thiophene rings is 1. The molecular formula is C23H21FN2O4S2. The van der Waals surface area contributed by atoms with Crippen LogP contribution in [0.15, 0.2) is 65.6 Å². The number of hydrogen-bond donors (Lipinski definition) is 0. The highest BCUT2D eigenvalue weighted by molar-refractivity contribution is 7.89. The predicted octanol–water partition coefficient (Wildman–Crippen LogP) is 3.90. The molecule has 9 heteroatoms. The van der Waals surface area contributed by atoms with Gasteiger partial charge in [-0.3, -0.25) is 9.59 Å². The number of piperazine rings is 1. The average molecular weight is 473 g/mol. The molecule has 1 aliphatic heterocycles. The smallest absolute Gasteiger partial charge is 0.264 e. The maximum atomic E-state index is 13.1. The van der Waals surface area contributed by atoms with Crippen molar-refractivity contribution in [1.29, 1.82) is 0 Å². The van der Waals surface area contributed by atoms with Gasteiger partial charge in [-0.05, 0) is 48.9 Å². The Morgan fingerprint density at radius 2 is 1.50 bits per heavy atom. The van der Waals surface area contributed by atoms with Crippen molar-refractivity contribution in [3.05, 3.63) is 76.9 Å². The minimum atomic E-state index is -3.70. The lowest BCUT2D eigenvalue weighted by Crippen LogP contribution is -2.50. The van der Waals surface area contributed by atoms with Gasteiger partial charge in [-0.1, -0.05) is 24.3 Å². The molecular weight excluding hydrogens is 451 g/mol. The number of ketones is 1. The molecule has 0 unspecified atom stereocenters. The van der Waals surface area contributed by atoms with E-state index in [1.54, 1.807) is 23.1 Å². The molecule has 32 heavy (non-hydrogen) atoms. The summed E-state index contributed by atoms with van der Waals surface area (Å²) < 4.78 is 40.3. The molecule has 0 atom stereocenters. The number of amides is 1. The summed E-state index contributed by atoms with van der Waals surface area (Å²) in [6.07, 6.45) is 0. The third-order valence-corrected chi connectivity index (χ3v) is 8.41. The number of carbonyl (C=O) groups is 2. The van der Waals surface area contributed by atoms with Crippen molar-refractivity contribution < 1.29 is 22.4 Å². The third-order valence-electron chi connectivity index (χ3n) is 5.37. The molecule has 1 fully saturated rings. The van der Waals surface area contributed by atoms with Crippen molar-refractivity contribution in [3.8, 4) is 10.4 Å². The molecule has 0 spiro atoms. The lowest BCUT2D eigenvalue weighted by molar-refractivity contribution is 0.0702. The highest BCUT2D eigenvalue weighted by Gasteiger charge is 2.31. The summed E-state index contributed by atoms with van der Waals surface area (Å²) in [5, 5.41) is 0. The fourth-order valence-electron chi connectivity index (χ4n) is 3.52. The van der Waals surface area contributed by atoms with Crippen LogP contribution in [-0.4, -0.2) is 55.5 Å². The van der Waals surface area contributed by atoms with E-state index in [9.17, 15) is 22.4 Å². The summed E-state index contributed by atoms with van der Waals surface area (Å²) in [6.45, 7) is 2.38. The second-order valence-electron chi connectivity index (χ2n) is 7.45. The first-order chi connectivity index (χ1) is 15.3. The second kappa shape index (κ2) is 8.93. The van der Waals surface area contributed by atoms with Crippen LogP contribution in [0, 0.1) is 5.82 Å². The van der Waals surface area contributed by atoms with Crippen LogP contribution in [-0.2, 0) is 10.0 Å². The van der Waals surface area contributed by atoms with E-state index < -0.39 is 10.0 Å². The maximum absolute atomic E-state index is 13.1. The Morgan fingerprint density at radius 1 is 0.875 bits per heavy atom.